The zero-order valence-corrected chi connectivity index (χ0v) is 12.8. The first-order valence-corrected chi connectivity index (χ1v) is 7.05. The molecule has 0 radical (unpaired) electrons. The van der Waals surface area contributed by atoms with Gasteiger partial charge in [-0.15, -0.1) is 5.10 Å². The molecule has 1 aromatic carbocycles. The van der Waals surface area contributed by atoms with E-state index in [4.69, 9.17) is 0 Å². The molecule has 0 atom stereocenters. The maximum absolute atomic E-state index is 4.40. The molecule has 6 heteroatoms. The monoisotopic (exact) mass is 286 g/mol. The highest BCUT2D eigenvalue weighted by molar-refractivity contribution is 5.54. The van der Waals surface area contributed by atoms with Gasteiger partial charge in [-0.1, -0.05) is 12.1 Å². The van der Waals surface area contributed by atoms with E-state index in [1.165, 1.54) is 5.56 Å². The molecule has 0 unspecified atom stereocenters. The van der Waals surface area contributed by atoms with Gasteiger partial charge in [-0.3, -0.25) is 0 Å². The van der Waals surface area contributed by atoms with Crippen molar-refractivity contribution in [3.05, 3.63) is 36.0 Å². The van der Waals surface area contributed by atoms with Crippen LogP contribution in [0.1, 0.15) is 12.0 Å². The van der Waals surface area contributed by atoms with E-state index in [0.717, 1.165) is 31.0 Å². The number of rotatable bonds is 7. The van der Waals surface area contributed by atoms with Crippen LogP contribution in [0.15, 0.2) is 30.5 Å². The molecule has 2 rings (SSSR count). The Hall–Kier alpha value is -2.21. The van der Waals surface area contributed by atoms with Crippen molar-refractivity contribution >= 4 is 17.5 Å². The van der Waals surface area contributed by atoms with Crippen molar-refractivity contribution in [2.24, 2.45) is 0 Å². The summed E-state index contributed by atoms with van der Waals surface area (Å²) in [6, 6.07) is 8.07. The second-order valence-corrected chi connectivity index (χ2v) is 5.24. The molecule has 0 amide bonds. The summed E-state index contributed by atoms with van der Waals surface area (Å²) >= 11 is 0. The molecular formula is C15H22N6. The van der Waals surface area contributed by atoms with Crippen LogP contribution in [0.25, 0.3) is 0 Å². The van der Waals surface area contributed by atoms with Gasteiger partial charge in [0.2, 0.25) is 5.95 Å². The fourth-order valence-electron chi connectivity index (χ4n) is 1.91. The molecule has 2 N–H and O–H groups in total. The molecular weight excluding hydrogens is 264 g/mol. The minimum atomic E-state index is 0.498. The first-order valence-electron chi connectivity index (χ1n) is 7.05. The van der Waals surface area contributed by atoms with Gasteiger partial charge in [0.1, 0.15) is 0 Å². The number of aromatic nitrogens is 3. The number of hydrogen-bond acceptors (Lipinski definition) is 6. The predicted octanol–water partition coefficient (Wildman–Crippen LogP) is 2.29. The minimum Gasteiger partial charge on any atom is -0.369 e. The van der Waals surface area contributed by atoms with E-state index in [0.29, 0.717) is 5.95 Å². The predicted molar refractivity (Wildman–Crippen MR) is 85.9 cm³/mol. The highest BCUT2D eigenvalue weighted by Crippen LogP contribution is 2.14. The highest BCUT2D eigenvalue weighted by atomic mass is 15.3. The number of aryl methyl sites for hydroxylation is 1. The number of nitrogens with one attached hydrogen (secondary N) is 2. The molecule has 0 fully saturated rings. The zero-order chi connectivity index (χ0) is 15.1. The smallest absolute Gasteiger partial charge is 0.249 e. The van der Waals surface area contributed by atoms with E-state index < -0.39 is 0 Å². The third-order valence-electron chi connectivity index (χ3n) is 2.92. The van der Waals surface area contributed by atoms with Gasteiger partial charge in [0, 0.05) is 12.2 Å². The number of nitrogens with zero attached hydrogens (tertiary/aromatic N) is 4. The van der Waals surface area contributed by atoms with Gasteiger partial charge in [0.25, 0.3) is 0 Å². The van der Waals surface area contributed by atoms with Crippen molar-refractivity contribution in [2.45, 2.75) is 13.3 Å². The standard InChI is InChI=1S/C15H22N6/c1-12-6-4-7-13(10-12)18-15-19-14(11-17-20-15)16-8-5-9-21(2)3/h4,6-7,10-11H,5,8-9H2,1-3H3,(H2,16,18,19,20). The lowest BCUT2D eigenvalue weighted by Crippen LogP contribution is -2.17. The molecule has 0 bridgehead atoms. The Balaban J connectivity index is 1.91. The van der Waals surface area contributed by atoms with E-state index in [-0.39, 0.29) is 0 Å². The van der Waals surface area contributed by atoms with E-state index in [1.54, 1.807) is 6.20 Å². The van der Waals surface area contributed by atoms with Gasteiger partial charge in [0.15, 0.2) is 5.82 Å². The number of benzene rings is 1. The van der Waals surface area contributed by atoms with Gasteiger partial charge in [-0.2, -0.15) is 10.1 Å². The molecule has 6 nitrogen and oxygen atoms in total. The van der Waals surface area contributed by atoms with Gasteiger partial charge in [-0.25, -0.2) is 0 Å². The quantitative estimate of drug-likeness (QED) is 0.761. The molecule has 21 heavy (non-hydrogen) atoms. The second-order valence-electron chi connectivity index (χ2n) is 5.24. The SMILES string of the molecule is Cc1cccc(Nc2nncc(NCCCN(C)C)n2)c1. The van der Waals surface area contributed by atoms with Crippen LogP contribution in [-0.2, 0) is 0 Å². The Morgan fingerprint density at radius 1 is 1.24 bits per heavy atom. The Morgan fingerprint density at radius 2 is 2.10 bits per heavy atom. The Bertz CT molecular complexity index is 570. The maximum Gasteiger partial charge on any atom is 0.249 e. The molecule has 0 aliphatic heterocycles. The summed E-state index contributed by atoms with van der Waals surface area (Å²) in [4.78, 5) is 6.56. The largest absolute Gasteiger partial charge is 0.369 e. The van der Waals surface area contributed by atoms with E-state index in [9.17, 15) is 0 Å². The van der Waals surface area contributed by atoms with Crippen LogP contribution in [0.2, 0.25) is 0 Å². The van der Waals surface area contributed by atoms with Crippen molar-refractivity contribution < 1.29 is 0 Å². The van der Waals surface area contributed by atoms with Crippen LogP contribution in [0.3, 0.4) is 0 Å². The van der Waals surface area contributed by atoms with Crippen molar-refractivity contribution in [1.82, 2.24) is 20.1 Å². The average molecular weight is 286 g/mol. The summed E-state index contributed by atoms with van der Waals surface area (Å²) < 4.78 is 0. The summed E-state index contributed by atoms with van der Waals surface area (Å²) in [6.45, 7) is 3.95. The van der Waals surface area contributed by atoms with Crippen molar-refractivity contribution in [2.75, 3.05) is 37.8 Å². The van der Waals surface area contributed by atoms with Gasteiger partial charge in [0.05, 0.1) is 6.20 Å². The maximum atomic E-state index is 4.40. The topological polar surface area (TPSA) is 66.0 Å². The lowest BCUT2D eigenvalue weighted by Gasteiger charge is -2.10. The molecule has 0 saturated heterocycles. The number of hydrogen-bond donors (Lipinski definition) is 2. The fourth-order valence-corrected chi connectivity index (χ4v) is 1.91. The van der Waals surface area contributed by atoms with Gasteiger partial charge < -0.3 is 15.5 Å². The minimum absolute atomic E-state index is 0.498. The summed E-state index contributed by atoms with van der Waals surface area (Å²) in [5.41, 5.74) is 2.15. The molecule has 2 aromatic rings. The third kappa shape index (κ3) is 5.35. The zero-order valence-electron chi connectivity index (χ0n) is 12.8. The normalized spacial score (nSPS) is 10.7. The lowest BCUT2D eigenvalue weighted by molar-refractivity contribution is 0.405. The Labute approximate surface area is 125 Å². The van der Waals surface area contributed by atoms with Crippen LogP contribution in [-0.4, -0.2) is 47.3 Å². The molecule has 0 saturated carbocycles. The van der Waals surface area contributed by atoms with Crippen molar-refractivity contribution in [3.63, 3.8) is 0 Å². The van der Waals surface area contributed by atoms with E-state index >= 15 is 0 Å². The molecule has 1 aromatic heterocycles. The Morgan fingerprint density at radius 3 is 2.86 bits per heavy atom. The molecule has 0 aliphatic carbocycles. The van der Waals surface area contributed by atoms with Gasteiger partial charge in [-0.05, 0) is 51.7 Å². The van der Waals surface area contributed by atoms with Crippen LogP contribution >= 0.6 is 0 Å². The summed E-state index contributed by atoms with van der Waals surface area (Å²) in [6.07, 6.45) is 2.69. The first kappa shape index (κ1) is 15.2. The molecule has 0 spiro atoms. The first-order chi connectivity index (χ1) is 10.1. The Kier molecular flexibility index (Phi) is 5.45. The van der Waals surface area contributed by atoms with Crippen LogP contribution in [0.4, 0.5) is 17.5 Å². The molecule has 0 aliphatic rings. The van der Waals surface area contributed by atoms with Crippen molar-refractivity contribution in [3.8, 4) is 0 Å². The number of anilines is 3. The lowest BCUT2D eigenvalue weighted by atomic mass is 10.2. The van der Waals surface area contributed by atoms with Gasteiger partial charge >= 0.3 is 0 Å². The summed E-state index contributed by atoms with van der Waals surface area (Å²) in [5.74, 6) is 1.23. The van der Waals surface area contributed by atoms with Crippen LogP contribution in [0.5, 0.6) is 0 Å². The van der Waals surface area contributed by atoms with E-state index in [2.05, 4.69) is 44.8 Å². The van der Waals surface area contributed by atoms with Crippen LogP contribution < -0.4 is 10.6 Å². The highest BCUT2D eigenvalue weighted by Gasteiger charge is 2.01. The van der Waals surface area contributed by atoms with E-state index in [1.807, 2.05) is 31.2 Å². The molecule has 112 valence electrons. The van der Waals surface area contributed by atoms with Crippen LogP contribution in [0, 0.1) is 6.92 Å². The average Bonchev–Trinajstić information content (AvgIpc) is 2.44. The fraction of sp³-hybridized carbons (Fsp3) is 0.400. The second kappa shape index (κ2) is 7.54. The van der Waals surface area contributed by atoms with Crippen molar-refractivity contribution in [1.29, 1.82) is 0 Å². The summed E-state index contributed by atoms with van der Waals surface area (Å²) in [7, 11) is 4.13. The summed E-state index contributed by atoms with van der Waals surface area (Å²) in [5, 5.41) is 14.4. The molecule has 1 heterocycles. The third-order valence-corrected chi connectivity index (χ3v) is 2.92.